The molecule has 4 heteroatoms. The number of benzene rings is 1. The van der Waals surface area contributed by atoms with Gasteiger partial charge in [-0.3, -0.25) is 0 Å². The van der Waals surface area contributed by atoms with Gasteiger partial charge in [0, 0.05) is 31.2 Å². The quantitative estimate of drug-likeness (QED) is 0.848. The lowest BCUT2D eigenvalue weighted by atomic mass is 10.3. The number of nitrogens with one attached hydrogen (secondary N) is 1. The lowest BCUT2D eigenvalue weighted by molar-refractivity contribution is 0.336. The highest BCUT2D eigenvalue weighted by atomic mass is 15.2. The summed E-state index contributed by atoms with van der Waals surface area (Å²) in [6.07, 6.45) is 3.84. The van der Waals surface area contributed by atoms with Crippen LogP contribution in [-0.2, 0) is 6.54 Å². The lowest BCUT2D eigenvalue weighted by Gasteiger charge is -2.15. The molecule has 0 aliphatic rings. The van der Waals surface area contributed by atoms with E-state index >= 15 is 0 Å². The molecule has 0 saturated carbocycles. The third-order valence-corrected chi connectivity index (χ3v) is 3.01. The van der Waals surface area contributed by atoms with Crippen LogP contribution in [0.15, 0.2) is 42.7 Å². The van der Waals surface area contributed by atoms with Crippen molar-refractivity contribution in [2.45, 2.75) is 13.5 Å². The number of nitrogens with zero attached hydrogens (tertiary/aromatic N) is 3. The molecular weight excluding hydrogens is 224 g/mol. The summed E-state index contributed by atoms with van der Waals surface area (Å²) in [5, 5.41) is 3.33. The molecule has 4 nitrogen and oxygen atoms in total. The van der Waals surface area contributed by atoms with Gasteiger partial charge in [0.25, 0.3) is 0 Å². The van der Waals surface area contributed by atoms with Gasteiger partial charge in [0.15, 0.2) is 0 Å². The fourth-order valence-electron chi connectivity index (χ4n) is 1.70. The van der Waals surface area contributed by atoms with Crippen molar-refractivity contribution in [3.8, 4) is 0 Å². The van der Waals surface area contributed by atoms with Gasteiger partial charge in [-0.05, 0) is 25.7 Å². The van der Waals surface area contributed by atoms with Crippen LogP contribution in [0.4, 0.5) is 11.6 Å². The highest BCUT2D eigenvalue weighted by Gasteiger charge is 2.03. The zero-order chi connectivity index (χ0) is 12.8. The summed E-state index contributed by atoms with van der Waals surface area (Å²) in [5.41, 5.74) is 1.06. The van der Waals surface area contributed by atoms with Crippen molar-refractivity contribution in [3.05, 3.63) is 42.7 Å². The second-order valence-corrected chi connectivity index (χ2v) is 4.33. The predicted molar refractivity (Wildman–Crippen MR) is 75.1 cm³/mol. The minimum absolute atomic E-state index is 0.894. The van der Waals surface area contributed by atoms with E-state index in [2.05, 4.69) is 33.7 Å². The SMILES string of the molecule is CCN(C)CCn1ccnc1Nc1ccccc1. The maximum absolute atomic E-state index is 4.35. The molecule has 0 saturated heterocycles. The average molecular weight is 244 g/mol. The third kappa shape index (κ3) is 3.34. The first-order chi connectivity index (χ1) is 8.79. The van der Waals surface area contributed by atoms with Crippen LogP contribution in [-0.4, -0.2) is 34.6 Å². The number of likely N-dealkylation sites (N-methyl/N-ethyl adjacent to an activating group) is 1. The molecule has 2 aromatic rings. The van der Waals surface area contributed by atoms with Crippen LogP contribution in [0.1, 0.15) is 6.92 Å². The Morgan fingerprint density at radius 1 is 1.28 bits per heavy atom. The summed E-state index contributed by atoms with van der Waals surface area (Å²) in [5.74, 6) is 0.894. The van der Waals surface area contributed by atoms with Gasteiger partial charge in [-0.15, -0.1) is 0 Å². The smallest absolute Gasteiger partial charge is 0.207 e. The van der Waals surface area contributed by atoms with Crippen LogP contribution in [0.5, 0.6) is 0 Å². The lowest BCUT2D eigenvalue weighted by Crippen LogP contribution is -2.23. The molecule has 0 unspecified atom stereocenters. The molecule has 0 aliphatic heterocycles. The second kappa shape index (κ2) is 6.21. The van der Waals surface area contributed by atoms with Gasteiger partial charge < -0.3 is 14.8 Å². The fourth-order valence-corrected chi connectivity index (χ4v) is 1.70. The Hall–Kier alpha value is -1.81. The predicted octanol–water partition coefficient (Wildman–Crippen LogP) is 2.58. The van der Waals surface area contributed by atoms with Gasteiger partial charge in [0.1, 0.15) is 0 Å². The van der Waals surface area contributed by atoms with Crippen molar-refractivity contribution < 1.29 is 0 Å². The molecule has 1 aromatic heterocycles. The van der Waals surface area contributed by atoms with Crippen LogP contribution < -0.4 is 5.32 Å². The minimum atomic E-state index is 0.894. The Balaban J connectivity index is 1.99. The second-order valence-electron chi connectivity index (χ2n) is 4.33. The molecule has 0 spiro atoms. The van der Waals surface area contributed by atoms with Crippen molar-refractivity contribution >= 4 is 11.6 Å². The largest absolute Gasteiger partial charge is 0.326 e. The standard InChI is InChI=1S/C14H20N4/c1-3-17(2)11-12-18-10-9-15-14(18)16-13-7-5-4-6-8-13/h4-10H,3,11-12H2,1-2H3,(H,15,16). The zero-order valence-electron chi connectivity index (χ0n) is 11.0. The van der Waals surface area contributed by atoms with Gasteiger partial charge in [0.2, 0.25) is 5.95 Å². The summed E-state index contributed by atoms with van der Waals surface area (Å²) < 4.78 is 2.14. The number of anilines is 2. The van der Waals surface area contributed by atoms with E-state index in [9.17, 15) is 0 Å². The molecule has 0 atom stereocenters. The zero-order valence-corrected chi connectivity index (χ0v) is 11.0. The average Bonchev–Trinajstić information content (AvgIpc) is 2.84. The van der Waals surface area contributed by atoms with E-state index in [1.54, 1.807) is 0 Å². The first-order valence-corrected chi connectivity index (χ1v) is 6.31. The number of para-hydroxylation sites is 1. The van der Waals surface area contributed by atoms with Crippen LogP contribution in [0.3, 0.4) is 0 Å². The number of hydrogen-bond donors (Lipinski definition) is 1. The van der Waals surface area contributed by atoms with E-state index in [0.29, 0.717) is 0 Å². The van der Waals surface area contributed by atoms with Crippen molar-refractivity contribution in [3.63, 3.8) is 0 Å². The van der Waals surface area contributed by atoms with Gasteiger partial charge in [-0.1, -0.05) is 25.1 Å². The molecule has 0 amide bonds. The minimum Gasteiger partial charge on any atom is -0.326 e. The van der Waals surface area contributed by atoms with E-state index in [1.165, 1.54) is 0 Å². The Kier molecular flexibility index (Phi) is 4.36. The molecule has 18 heavy (non-hydrogen) atoms. The fraction of sp³-hybridized carbons (Fsp3) is 0.357. The molecule has 1 heterocycles. The molecule has 2 rings (SSSR count). The van der Waals surface area contributed by atoms with E-state index in [4.69, 9.17) is 0 Å². The molecule has 1 aromatic carbocycles. The summed E-state index contributed by atoms with van der Waals surface area (Å²) in [6.45, 7) is 5.20. The number of aromatic nitrogens is 2. The first-order valence-electron chi connectivity index (χ1n) is 6.31. The van der Waals surface area contributed by atoms with E-state index in [0.717, 1.165) is 31.3 Å². The van der Waals surface area contributed by atoms with Gasteiger partial charge >= 0.3 is 0 Å². The van der Waals surface area contributed by atoms with Gasteiger partial charge in [-0.2, -0.15) is 0 Å². The number of rotatable bonds is 6. The molecule has 0 radical (unpaired) electrons. The highest BCUT2D eigenvalue weighted by molar-refractivity contribution is 5.52. The van der Waals surface area contributed by atoms with Crippen LogP contribution in [0, 0.1) is 0 Å². The van der Waals surface area contributed by atoms with E-state index in [1.807, 2.05) is 42.7 Å². The van der Waals surface area contributed by atoms with Crippen LogP contribution in [0.25, 0.3) is 0 Å². The van der Waals surface area contributed by atoms with Crippen molar-refractivity contribution in [1.82, 2.24) is 14.5 Å². The molecule has 0 aliphatic carbocycles. The molecule has 0 fully saturated rings. The molecule has 0 bridgehead atoms. The number of imidazole rings is 1. The van der Waals surface area contributed by atoms with E-state index in [-0.39, 0.29) is 0 Å². The number of hydrogen-bond acceptors (Lipinski definition) is 3. The topological polar surface area (TPSA) is 33.1 Å². The highest BCUT2D eigenvalue weighted by Crippen LogP contribution is 2.13. The Bertz CT molecular complexity index is 464. The maximum atomic E-state index is 4.35. The molecular formula is C14H20N4. The van der Waals surface area contributed by atoms with Gasteiger partial charge in [-0.25, -0.2) is 4.98 Å². The monoisotopic (exact) mass is 244 g/mol. The molecule has 1 N–H and O–H groups in total. The maximum Gasteiger partial charge on any atom is 0.207 e. The summed E-state index contributed by atoms with van der Waals surface area (Å²) in [7, 11) is 2.13. The Morgan fingerprint density at radius 2 is 2.06 bits per heavy atom. The third-order valence-electron chi connectivity index (χ3n) is 3.01. The normalized spacial score (nSPS) is 10.8. The van der Waals surface area contributed by atoms with Crippen LogP contribution >= 0.6 is 0 Å². The van der Waals surface area contributed by atoms with Crippen LogP contribution in [0.2, 0.25) is 0 Å². The summed E-state index contributed by atoms with van der Waals surface area (Å²) in [6, 6.07) is 10.1. The van der Waals surface area contributed by atoms with Crippen molar-refractivity contribution in [1.29, 1.82) is 0 Å². The Labute approximate surface area is 108 Å². The Morgan fingerprint density at radius 3 is 2.78 bits per heavy atom. The van der Waals surface area contributed by atoms with Gasteiger partial charge in [0.05, 0.1) is 0 Å². The molecule has 96 valence electrons. The summed E-state index contributed by atoms with van der Waals surface area (Å²) >= 11 is 0. The van der Waals surface area contributed by atoms with Crippen molar-refractivity contribution in [2.75, 3.05) is 25.5 Å². The van der Waals surface area contributed by atoms with Crippen molar-refractivity contribution in [2.24, 2.45) is 0 Å². The van der Waals surface area contributed by atoms with E-state index < -0.39 is 0 Å². The summed E-state index contributed by atoms with van der Waals surface area (Å²) in [4.78, 5) is 6.63. The first kappa shape index (κ1) is 12.6.